The fraction of sp³-hybridized carbons (Fsp3) is 0.250. The van der Waals surface area contributed by atoms with E-state index in [1.165, 1.54) is 0 Å². The van der Waals surface area contributed by atoms with Gasteiger partial charge in [-0.15, -0.1) is 0 Å². The molecular formula is C16H19N3O2. The quantitative estimate of drug-likeness (QED) is 0.844. The number of hydrogen-bond acceptors (Lipinski definition) is 4. The molecule has 1 heterocycles. The van der Waals surface area contributed by atoms with E-state index in [4.69, 9.17) is 10.5 Å². The van der Waals surface area contributed by atoms with Gasteiger partial charge in [0, 0.05) is 12.2 Å². The van der Waals surface area contributed by atoms with Crippen molar-refractivity contribution in [2.75, 3.05) is 19.4 Å². The minimum atomic E-state index is -0.0461. The first-order chi connectivity index (χ1) is 10.2. The highest BCUT2D eigenvalue weighted by Gasteiger charge is 2.04. The Morgan fingerprint density at radius 1 is 1.33 bits per heavy atom. The summed E-state index contributed by atoms with van der Waals surface area (Å²) in [6.45, 7) is 0.584. The van der Waals surface area contributed by atoms with Gasteiger partial charge in [-0.2, -0.15) is 0 Å². The van der Waals surface area contributed by atoms with Crippen molar-refractivity contribution < 1.29 is 9.53 Å². The summed E-state index contributed by atoms with van der Waals surface area (Å²) in [5.41, 5.74) is 7.98. The number of nitrogen functional groups attached to an aromatic ring is 1. The first-order valence-electron chi connectivity index (χ1n) is 6.77. The highest BCUT2D eigenvalue weighted by molar-refractivity contribution is 5.78. The van der Waals surface area contributed by atoms with Crippen molar-refractivity contribution in [2.45, 2.75) is 12.8 Å². The predicted octanol–water partition coefficient (Wildman–Crippen LogP) is 1.57. The molecule has 3 N–H and O–H groups in total. The van der Waals surface area contributed by atoms with Crippen molar-refractivity contribution >= 4 is 11.6 Å². The molecule has 0 spiro atoms. The molecule has 110 valence electrons. The van der Waals surface area contributed by atoms with Crippen molar-refractivity contribution in [2.24, 2.45) is 0 Å². The molecule has 0 aliphatic carbocycles. The molecule has 1 aromatic heterocycles. The van der Waals surface area contributed by atoms with Crippen LogP contribution in [-0.2, 0) is 17.6 Å². The minimum absolute atomic E-state index is 0.0461. The average molecular weight is 285 g/mol. The molecule has 0 bridgehead atoms. The first-order valence-corrected chi connectivity index (χ1v) is 6.77. The molecule has 5 heteroatoms. The number of nitrogens with zero attached hydrogens (tertiary/aromatic N) is 1. The lowest BCUT2D eigenvalue weighted by molar-refractivity contribution is -0.120. The Morgan fingerprint density at radius 2 is 2.19 bits per heavy atom. The number of aromatic nitrogens is 1. The second-order valence-corrected chi connectivity index (χ2v) is 4.71. The van der Waals surface area contributed by atoms with E-state index in [1.807, 2.05) is 24.3 Å². The Kier molecular flexibility index (Phi) is 5.15. The number of hydrogen-bond donors (Lipinski definition) is 2. The Labute approximate surface area is 124 Å². The lowest BCUT2D eigenvalue weighted by atomic mass is 10.1. The number of amides is 1. The molecule has 0 saturated carbocycles. The molecule has 1 amide bonds. The van der Waals surface area contributed by atoms with Gasteiger partial charge in [-0.05, 0) is 36.2 Å². The highest BCUT2D eigenvalue weighted by atomic mass is 16.5. The minimum Gasteiger partial charge on any atom is -0.497 e. The average Bonchev–Trinajstić information content (AvgIpc) is 2.50. The summed E-state index contributed by atoms with van der Waals surface area (Å²) in [7, 11) is 1.64. The highest BCUT2D eigenvalue weighted by Crippen LogP contribution is 2.12. The van der Waals surface area contributed by atoms with E-state index in [9.17, 15) is 4.79 Å². The van der Waals surface area contributed by atoms with Crippen LogP contribution in [-0.4, -0.2) is 24.5 Å². The number of benzene rings is 1. The number of ether oxygens (including phenoxy) is 1. The number of nitrogens with one attached hydrogen (secondary N) is 1. The van der Waals surface area contributed by atoms with Crippen LogP contribution in [0.4, 0.5) is 5.69 Å². The topological polar surface area (TPSA) is 77.2 Å². The summed E-state index contributed by atoms with van der Waals surface area (Å²) >= 11 is 0. The zero-order valence-corrected chi connectivity index (χ0v) is 12.0. The number of carbonyl (C=O) groups is 1. The molecule has 1 aromatic carbocycles. The summed E-state index contributed by atoms with van der Waals surface area (Å²) in [6, 6.07) is 11.3. The molecule has 0 aliphatic rings. The fourth-order valence-corrected chi connectivity index (χ4v) is 1.94. The van der Waals surface area contributed by atoms with Gasteiger partial charge in [0.05, 0.1) is 25.4 Å². The third-order valence-corrected chi connectivity index (χ3v) is 3.06. The second kappa shape index (κ2) is 7.28. The zero-order valence-electron chi connectivity index (χ0n) is 12.0. The van der Waals surface area contributed by atoms with Crippen molar-refractivity contribution in [3.8, 4) is 5.75 Å². The molecule has 21 heavy (non-hydrogen) atoms. The van der Waals surface area contributed by atoms with E-state index >= 15 is 0 Å². The summed E-state index contributed by atoms with van der Waals surface area (Å²) < 4.78 is 5.17. The summed E-state index contributed by atoms with van der Waals surface area (Å²) in [6.07, 6.45) is 2.58. The largest absolute Gasteiger partial charge is 0.497 e. The van der Waals surface area contributed by atoms with Gasteiger partial charge in [-0.1, -0.05) is 12.1 Å². The molecule has 0 saturated heterocycles. The van der Waals surface area contributed by atoms with Crippen LogP contribution in [0.3, 0.4) is 0 Å². The van der Waals surface area contributed by atoms with Crippen LogP contribution < -0.4 is 15.8 Å². The van der Waals surface area contributed by atoms with Crippen LogP contribution in [0.5, 0.6) is 5.75 Å². The van der Waals surface area contributed by atoms with E-state index in [2.05, 4.69) is 10.3 Å². The van der Waals surface area contributed by atoms with Gasteiger partial charge in [-0.25, -0.2) is 0 Å². The summed E-state index contributed by atoms with van der Waals surface area (Å²) in [5, 5.41) is 2.88. The summed E-state index contributed by atoms with van der Waals surface area (Å²) in [5.74, 6) is 0.778. The molecule has 2 aromatic rings. The number of methoxy groups -OCH3 is 1. The molecular weight excluding hydrogens is 266 g/mol. The fourth-order valence-electron chi connectivity index (χ4n) is 1.94. The van der Waals surface area contributed by atoms with E-state index in [0.717, 1.165) is 17.7 Å². The first kappa shape index (κ1) is 14.8. The van der Waals surface area contributed by atoms with Gasteiger partial charge in [0.15, 0.2) is 0 Å². The molecule has 0 radical (unpaired) electrons. The number of carbonyl (C=O) groups excluding carboxylic acids is 1. The van der Waals surface area contributed by atoms with Crippen LogP contribution in [0.15, 0.2) is 42.6 Å². The van der Waals surface area contributed by atoms with Gasteiger partial charge in [0.25, 0.3) is 0 Å². The predicted molar refractivity (Wildman–Crippen MR) is 82.1 cm³/mol. The Morgan fingerprint density at radius 3 is 2.90 bits per heavy atom. The van der Waals surface area contributed by atoms with Gasteiger partial charge in [-0.3, -0.25) is 9.78 Å². The van der Waals surface area contributed by atoms with Crippen molar-refractivity contribution in [1.29, 1.82) is 0 Å². The van der Waals surface area contributed by atoms with Crippen molar-refractivity contribution in [1.82, 2.24) is 10.3 Å². The number of rotatable bonds is 6. The van der Waals surface area contributed by atoms with Gasteiger partial charge in [0.1, 0.15) is 5.75 Å². The van der Waals surface area contributed by atoms with E-state index in [0.29, 0.717) is 17.9 Å². The van der Waals surface area contributed by atoms with E-state index < -0.39 is 0 Å². The maximum atomic E-state index is 11.8. The molecule has 0 aliphatic heterocycles. The van der Waals surface area contributed by atoms with E-state index in [-0.39, 0.29) is 12.3 Å². The lowest BCUT2D eigenvalue weighted by Crippen LogP contribution is -2.27. The van der Waals surface area contributed by atoms with Crippen LogP contribution in [0.2, 0.25) is 0 Å². The monoisotopic (exact) mass is 285 g/mol. The lowest BCUT2D eigenvalue weighted by Gasteiger charge is -2.07. The molecule has 0 atom stereocenters. The van der Waals surface area contributed by atoms with Gasteiger partial charge in [0.2, 0.25) is 5.91 Å². The number of pyridine rings is 1. The maximum absolute atomic E-state index is 11.8. The van der Waals surface area contributed by atoms with Crippen LogP contribution >= 0.6 is 0 Å². The molecule has 0 unspecified atom stereocenters. The smallest absolute Gasteiger partial charge is 0.226 e. The molecule has 2 rings (SSSR count). The third-order valence-electron chi connectivity index (χ3n) is 3.06. The molecule has 5 nitrogen and oxygen atoms in total. The zero-order chi connectivity index (χ0) is 15.1. The normalized spacial score (nSPS) is 10.1. The second-order valence-electron chi connectivity index (χ2n) is 4.71. The Hall–Kier alpha value is -2.56. The van der Waals surface area contributed by atoms with Crippen LogP contribution in [0.25, 0.3) is 0 Å². The van der Waals surface area contributed by atoms with Gasteiger partial charge >= 0.3 is 0 Å². The summed E-state index contributed by atoms with van der Waals surface area (Å²) in [4.78, 5) is 15.9. The maximum Gasteiger partial charge on any atom is 0.226 e. The third kappa shape index (κ3) is 4.80. The molecule has 0 fully saturated rings. The standard InChI is InChI=1S/C16H19N3O2/c1-21-15-4-2-3-12(9-15)7-8-18-16(20)10-14-6-5-13(17)11-19-14/h2-6,9,11H,7-8,10,17H2,1H3,(H,18,20). The van der Waals surface area contributed by atoms with Crippen molar-refractivity contribution in [3.05, 3.63) is 53.9 Å². The SMILES string of the molecule is COc1cccc(CCNC(=O)Cc2ccc(N)cn2)c1. The number of nitrogens with two attached hydrogens (primary N) is 1. The van der Waals surface area contributed by atoms with Gasteiger partial charge < -0.3 is 15.8 Å². The van der Waals surface area contributed by atoms with Crippen LogP contribution in [0.1, 0.15) is 11.3 Å². The Bertz CT molecular complexity index is 597. The van der Waals surface area contributed by atoms with Crippen molar-refractivity contribution in [3.63, 3.8) is 0 Å². The Balaban J connectivity index is 1.77. The van der Waals surface area contributed by atoms with E-state index in [1.54, 1.807) is 25.4 Å². The number of anilines is 1. The van der Waals surface area contributed by atoms with Crippen LogP contribution in [0, 0.1) is 0 Å².